The third-order valence-electron chi connectivity index (χ3n) is 11.1. The molecule has 0 amide bonds. The SMILES string of the molecule is CC\C=C/C=C\C=C/C=C\C=C/CCCC(=O)OCC(COC(=O)CCCCCCCCC/C=C\CCCCCCCCCC)OC(=O)CCCCCCC\C=C/C=C\C=C/C=C\C=C/CCC. The molecule has 0 N–H and O–H groups in total. The molecular weight excluding hydrogens is 841 g/mol. The average molecular weight is 939 g/mol. The molecule has 0 radical (unpaired) electrons. The molecule has 0 fully saturated rings. The number of allylic oxidation sites excluding steroid dienone is 22. The maximum absolute atomic E-state index is 12.8. The van der Waals surface area contributed by atoms with E-state index in [9.17, 15) is 14.4 Å². The van der Waals surface area contributed by atoms with Gasteiger partial charge in [0.15, 0.2) is 6.10 Å². The van der Waals surface area contributed by atoms with E-state index in [1.165, 1.54) is 96.3 Å². The highest BCUT2D eigenvalue weighted by molar-refractivity contribution is 5.71. The predicted molar refractivity (Wildman–Crippen MR) is 292 cm³/mol. The lowest BCUT2D eigenvalue weighted by Gasteiger charge is -2.18. The molecule has 0 aliphatic carbocycles. The summed E-state index contributed by atoms with van der Waals surface area (Å²) in [6.45, 7) is 6.31. The van der Waals surface area contributed by atoms with Crippen LogP contribution in [0.4, 0.5) is 0 Å². The van der Waals surface area contributed by atoms with Gasteiger partial charge >= 0.3 is 17.9 Å². The summed E-state index contributed by atoms with van der Waals surface area (Å²) in [5.74, 6) is -1.03. The van der Waals surface area contributed by atoms with Crippen LogP contribution in [0, 0.1) is 0 Å². The van der Waals surface area contributed by atoms with Crippen molar-refractivity contribution in [2.75, 3.05) is 13.2 Å². The molecule has 68 heavy (non-hydrogen) atoms. The van der Waals surface area contributed by atoms with E-state index in [0.717, 1.165) is 77.0 Å². The molecule has 0 spiro atoms. The summed E-state index contributed by atoms with van der Waals surface area (Å²) in [6, 6.07) is 0. The highest BCUT2D eigenvalue weighted by Crippen LogP contribution is 2.14. The van der Waals surface area contributed by atoms with Crippen LogP contribution in [0.1, 0.15) is 220 Å². The van der Waals surface area contributed by atoms with E-state index < -0.39 is 6.10 Å². The minimum atomic E-state index is -0.827. The zero-order valence-electron chi connectivity index (χ0n) is 43.6. The Morgan fingerprint density at radius 3 is 1.06 bits per heavy atom. The van der Waals surface area contributed by atoms with Crippen LogP contribution >= 0.6 is 0 Å². The van der Waals surface area contributed by atoms with Crippen molar-refractivity contribution in [1.29, 1.82) is 0 Å². The van der Waals surface area contributed by atoms with Crippen molar-refractivity contribution in [3.8, 4) is 0 Å². The molecule has 6 heteroatoms. The van der Waals surface area contributed by atoms with Crippen molar-refractivity contribution in [2.24, 2.45) is 0 Å². The smallest absolute Gasteiger partial charge is 0.306 e. The number of carbonyl (C=O) groups is 3. The van der Waals surface area contributed by atoms with Gasteiger partial charge in [-0.1, -0.05) is 257 Å². The first-order valence-electron chi connectivity index (χ1n) is 27.3. The summed E-state index contributed by atoms with van der Waals surface area (Å²) < 4.78 is 16.7. The van der Waals surface area contributed by atoms with E-state index in [-0.39, 0.29) is 44.0 Å². The second-order valence-electron chi connectivity index (χ2n) is 17.6. The van der Waals surface area contributed by atoms with Crippen molar-refractivity contribution in [1.82, 2.24) is 0 Å². The van der Waals surface area contributed by atoms with Crippen molar-refractivity contribution in [2.45, 2.75) is 226 Å². The van der Waals surface area contributed by atoms with Gasteiger partial charge in [-0.15, -0.1) is 0 Å². The molecule has 0 aromatic carbocycles. The van der Waals surface area contributed by atoms with Gasteiger partial charge in [0.25, 0.3) is 0 Å². The predicted octanol–water partition coefficient (Wildman–Crippen LogP) is 18.3. The number of esters is 3. The molecule has 0 aliphatic rings. The molecule has 0 bridgehead atoms. The van der Waals surface area contributed by atoms with Gasteiger partial charge in [0, 0.05) is 19.3 Å². The van der Waals surface area contributed by atoms with Crippen LogP contribution in [-0.4, -0.2) is 37.2 Å². The highest BCUT2D eigenvalue weighted by atomic mass is 16.6. The van der Waals surface area contributed by atoms with E-state index in [0.29, 0.717) is 12.8 Å². The van der Waals surface area contributed by atoms with Crippen molar-refractivity contribution >= 4 is 17.9 Å². The summed E-state index contributed by atoms with van der Waals surface area (Å²) in [7, 11) is 0. The lowest BCUT2D eigenvalue weighted by molar-refractivity contribution is -0.167. The Morgan fingerprint density at radius 2 is 0.632 bits per heavy atom. The van der Waals surface area contributed by atoms with E-state index in [1.807, 2.05) is 91.1 Å². The Kier molecular flexibility index (Phi) is 51.5. The fraction of sp³-hybridized carbons (Fsp3) is 0.597. The van der Waals surface area contributed by atoms with Crippen LogP contribution in [0.25, 0.3) is 0 Å². The fourth-order valence-electron chi connectivity index (χ4n) is 7.03. The summed E-state index contributed by atoms with van der Waals surface area (Å²) >= 11 is 0. The minimum absolute atomic E-state index is 0.118. The Hall–Kier alpha value is -4.45. The van der Waals surface area contributed by atoms with Crippen LogP contribution < -0.4 is 0 Å². The van der Waals surface area contributed by atoms with Crippen LogP contribution in [0.15, 0.2) is 134 Å². The zero-order valence-corrected chi connectivity index (χ0v) is 43.6. The Balaban J connectivity index is 4.53. The molecule has 1 atom stereocenters. The Bertz CT molecular complexity index is 1500. The van der Waals surface area contributed by atoms with Crippen molar-refractivity contribution in [3.05, 3.63) is 134 Å². The summed E-state index contributed by atoms with van der Waals surface area (Å²) in [4.78, 5) is 38.1. The molecule has 0 aromatic heterocycles. The normalized spacial score (nSPS) is 13.2. The van der Waals surface area contributed by atoms with E-state index in [4.69, 9.17) is 14.2 Å². The molecule has 0 saturated heterocycles. The van der Waals surface area contributed by atoms with Crippen molar-refractivity contribution in [3.63, 3.8) is 0 Å². The monoisotopic (exact) mass is 939 g/mol. The summed E-state index contributed by atoms with van der Waals surface area (Å²) in [5.41, 5.74) is 0. The van der Waals surface area contributed by atoms with Gasteiger partial charge < -0.3 is 14.2 Å². The maximum atomic E-state index is 12.8. The van der Waals surface area contributed by atoms with Gasteiger partial charge in [0.05, 0.1) is 0 Å². The van der Waals surface area contributed by atoms with Gasteiger partial charge in [-0.2, -0.15) is 0 Å². The molecule has 0 saturated carbocycles. The summed E-state index contributed by atoms with van der Waals surface area (Å²) in [6.07, 6.45) is 77.3. The average Bonchev–Trinajstić information content (AvgIpc) is 3.34. The molecule has 0 aliphatic heterocycles. The highest BCUT2D eigenvalue weighted by Gasteiger charge is 2.19. The van der Waals surface area contributed by atoms with Gasteiger partial charge in [-0.25, -0.2) is 0 Å². The second kappa shape index (κ2) is 55.1. The molecule has 0 heterocycles. The molecule has 382 valence electrons. The number of hydrogen-bond acceptors (Lipinski definition) is 6. The Labute approximate surface area is 417 Å². The molecule has 1 unspecified atom stereocenters. The summed E-state index contributed by atoms with van der Waals surface area (Å²) in [5, 5.41) is 0. The number of unbranched alkanes of at least 4 members (excludes halogenated alkanes) is 22. The number of ether oxygens (including phenoxy) is 3. The molecule has 0 aromatic rings. The largest absolute Gasteiger partial charge is 0.462 e. The van der Waals surface area contributed by atoms with Gasteiger partial charge in [0.1, 0.15) is 13.2 Å². The minimum Gasteiger partial charge on any atom is -0.462 e. The van der Waals surface area contributed by atoms with Crippen LogP contribution in [0.2, 0.25) is 0 Å². The van der Waals surface area contributed by atoms with E-state index in [2.05, 4.69) is 63.3 Å². The number of rotatable bonds is 47. The van der Waals surface area contributed by atoms with Gasteiger partial charge in [-0.05, 0) is 77.0 Å². The van der Waals surface area contributed by atoms with Crippen molar-refractivity contribution < 1.29 is 28.6 Å². The lowest BCUT2D eigenvalue weighted by atomic mass is 10.1. The standard InChI is InChI=1S/C62H98O6/c1-4-7-10-13-16-19-22-25-27-29-31-33-34-37-40-43-46-49-52-55-61(64)67-58-59(57-66-60(63)54-51-48-45-42-39-36-24-21-18-15-12-9-6-3)68-62(65)56-53-50-47-44-41-38-35-32-30-28-26-23-20-17-14-11-8-5-2/h9,11-12,14-15,17-18,20-21,23-24,26,28-32,35-36,39,42,45,59H,4-8,10,13,16,19,22,25,27,33-34,37-38,40-41,43-44,46-58H2,1-3H3/b12-9-,14-11-,18-15-,20-17-,24-21-,26-23-,30-28-,31-29-,35-32-,39-36-,45-42-. The first-order valence-corrected chi connectivity index (χ1v) is 27.3. The first kappa shape index (κ1) is 63.5. The van der Waals surface area contributed by atoms with Crippen LogP contribution in [0.5, 0.6) is 0 Å². The molecule has 6 nitrogen and oxygen atoms in total. The van der Waals surface area contributed by atoms with Gasteiger partial charge in [0.2, 0.25) is 0 Å². The van der Waals surface area contributed by atoms with Crippen LogP contribution in [-0.2, 0) is 28.6 Å². The second-order valence-corrected chi connectivity index (χ2v) is 17.6. The maximum Gasteiger partial charge on any atom is 0.306 e. The molecule has 0 rings (SSSR count). The van der Waals surface area contributed by atoms with Crippen LogP contribution in [0.3, 0.4) is 0 Å². The lowest BCUT2D eigenvalue weighted by Crippen LogP contribution is -2.30. The third kappa shape index (κ3) is 52.5. The number of hydrogen-bond donors (Lipinski definition) is 0. The fourth-order valence-corrected chi connectivity index (χ4v) is 7.03. The van der Waals surface area contributed by atoms with Gasteiger partial charge in [-0.3, -0.25) is 14.4 Å². The number of carbonyl (C=O) groups excluding carboxylic acids is 3. The quantitative estimate of drug-likeness (QED) is 0.0199. The molecular formula is C62H98O6. The topological polar surface area (TPSA) is 78.9 Å². The van der Waals surface area contributed by atoms with E-state index in [1.54, 1.807) is 0 Å². The third-order valence-corrected chi connectivity index (χ3v) is 11.1. The zero-order chi connectivity index (χ0) is 49.3. The van der Waals surface area contributed by atoms with E-state index >= 15 is 0 Å². The Morgan fingerprint density at radius 1 is 0.309 bits per heavy atom. The first-order chi connectivity index (χ1) is 33.5.